The summed E-state index contributed by atoms with van der Waals surface area (Å²) in [6.45, 7) is 7.75. The number of allylic oxidation sites excluding steroid dienone is 4. The molecule has 0 aromatic carbocycles. The van der Waals surface area contributed by atoms with Gasteiger partial charge in [-0.3, -0.25) is 14.4 Å². The maximum absolute atomic E-state index is 13.2. The molecule has 4 aliphatic rings. The Labute approximate surface area is 188 Å². The second-order valence-electron chi connectivity index (χ2n) is 10.8. The number of carbonyl (C=O) groups excluding carboxylic acids is 2. The molecule has 0 bridgehead atoms. The number of aliphatic hydroxyl groups is 1. The van der Waals surface area contributed by atoms with E-state index < -0.39 is 33.2 Å². The number of Topliss-reactive ketones (excluding diaryl/α,β-unsaturated/α-hetero) is 1. The first-order valence-corrected chi connectivity index (χ1v) is 11.8. The number of ketones is 2. The molecule has 31 heavy (non-hydrogen) atoms. The van der Waals surface area contributed by atoms with Crippen molar-refractivity contribution in [1.29, 1.82) is 0 Å². The number of carboxylic acids is 1. The molecule has 5 nitrogen and oxygen atoms in total. The van der Waals surface area contributed by atoms with Crippen LogP contribution in [0.5, 0.6) is 0 Å². The summed E-state index contributed by atoms with van der Waals surface area (Å²) in [4.78, 5) is 35.7. The average molecular weight is 449 g/mol. The minimum absolute atomic E-state index is 0.0128. The van der Waals surface area contributed by atoms with E-state index in [4.69, 9.17) is 11.6 Å². The Balaban J connectivity index is 1.82. The molecule has 8 atom stereocenters. The summed E-state index contributed by atoms with van der Waals surface area (Å²) >= 11 is 7.43. The third-order valence-corrected chi connectivity index (χ3v) is 10.8. The molecule has 0 amide bonds. The van der Waals surface area contributed by atoms with Crippen molar-refractivity contribution in [2.24, 2.45) is 34.0 Å². The van der Waals surface area contributed by atoms with Crippen LogP contribution in [0.3, 0.4) is 0 Å². The van der Waals surface area contributed by atoms with Crippen LogP contribution >= 0.6 is 11.6 Å². The summed E-state index contributed by atoms with van der Waals surface area (Å²) in [5.74, 6) is -0.841. The first-order chi connectivity index (χ1) is 14.3. The summed E-state index contributed by atoms with van der Waals surface area (Å²) in [5, 5.41) is 21.0. The predicted octanol–water partition coefficient (Wildman–Crippen LogP) is 4.31. The Hall–Kier alpha value is -1.46. The van der Waals surface area contributed by atoms with Gasteiger partial charge in [-0.15, -0.1) is 11.6 Å². The third kappa shape index (κ3) is 2.68. The van der Waals surface area contributed by atoms with Crippen LogP contribution in [-0.2, 0) is 14.4 Å². The number of hydrogen-bond donors (Lipinski definition) is 2. The SMILES string of the molecule is CC(=O)[C@@]1(CCC(=O)O)[C@@H](C)C[C@H]2[C@@H]3CCC4=CC(=O)C=C[C@]4(C)[C@@]3(Cl)[C@@H](O)C[C@@]21C. The van der Waals surface area contributed by atoms with E-state index in [0.717, 1.165) is 24.8 Å². The van der Waals surface area contributed by atoms with Gasteiger partial charge in [-0.05, 0) is 74.3 Å². The number of halogens is 1. The van der Waals surface area contributed by atoms with Gasteiger partial charge in [0, 0.05) is 17.3 Å². The fourth-order valence-electron chi connectivity index (χ4n) is 8.41. The molecule has 2 N–H and O–H groups in total. The van der Waals surface area contributed by atoms with E-state index in [1.165, 1.54) is 0 Å². The van der Waals surface area contributed by atoms with Crippen LogP contribution in [0, 0.1) is 34.0 Å². The minimum Gasteiger partial charge on any atom is -0.481 e. The van der Waals surface area contributed by atoms with Crippen LogP contribution in [0.25, 0.3) is 0 Å². The fourth-order valence-corrected chi connectivity index (χ4v) is 8.94. The van der Waals surface area contributed by atoms with Gasteiger partial charge in [0.2, 0.25) is 0 Å². The number of carboxylic acid groups (broad SMARTS) is 1. The summed E-state index contributed by atoms with van der Waals surface area (Å²) in [6, 6.07) is 0. The number of fused-ring (bicyclic) bond motifs is 5. The molecule has 0 heterocycles. The highest BCUT2D eigenvalue weighted by Gasteiger charge is 2.73. The van der Waals surface area contributed by atoms with Crippen molar-refractivity contribution in [2.75, 3.05) is 0 Å². The minimum atomic E-state index is -0.960. The zero-order valence-electron chi connectivity index (χ0n) is 18.8. The zero-order valence-corrected chi connectivity index (χ0v) is 19.5. The summed E-state index contributed by atoms with van der Waals surface area (Å²) in [6.07, 6.45) is 7.09. The molecule has 0 saturated heterocycles. The summed E-state index contributed by atoms with van der Waals surface area (Å²) < 4.78 is 0. The standard InChI is InChI=1S/C25H33ClO5/c1-14-11-19-18-6-5-16-12-17(28)7-9-22(16,3)25(18,26)20(29)13-23(19,4)24(14,15(2)27)10-8-21(30)31/h7,9,12,14,18-20,29H,5-6,8,10-11,13H2,1-4H3,(H,30,31)/t14-,18-,19-,20-,22-,23-,24+,25-/m0/s1. The van der Waals surface area contributed by atoms with Crippen LogP contribution in [-0.4, -0.2) is 38.7 Å². The quantitative estimate of drug-likeness (QED) is 0.625. The van der Waals surface area contributed by atoms with Crippen molar-refractivity contribution in [3.8, 4) is 0 Å². The number of alkyl halides is 1. The molecule has 0 aliphatic heterocycles. The molecule has 0 aromatic rings. The van der Waals surface area contributed by atoms with E-state index in [2.05, 4.69) is 13.8 Å². The molecule has 0 radical (unpaired) electrons. The fraction of sp³-hybridized carbons (Fsp3) is 0.720. The Morgan fingerprint density at radius 1 is 1.26 bits per heavy atom. The lowest BCUT2D eigenvalue weighted by Gasteiger charge is -2.64. The monoisotopic (exact) mass is 448 g/mol. The Kier molecular flexibility index (Phi) is 5.14. The second kappa shape index (κ2) is 7.02. The van der Waals surface area contributed by atoms with Gasteiger partial charge in [0.05, 0.1) is 11.0 Å². The van der Waals surface area contributed by atoms with Gasteiger partial charge in [0.1, 0.15) is 5.78 Å². The number of aliphatic carboxylic acids is 1. The number of aliphatic hydroxyl groups excluding tert-OH is 1. The van der Waals surface area contributed by atoms with E-state index in [-0.39, 0.29) is 42.2 Å². The van der Waals surface area contributed by atoms with Crippen molar-refractivity contribution < 1.29 is 24.6 Å². The summed E-state index contributed by atoms with van der Waals surface area (Å²) in [5.41, 5.74) is -0.964. The number of carbonyl (C=O) groups is 3. The van der Waals surface area contributed by atoms with Crippen LogP contribution in [0.1, 0.15) is 66.2 Å². The van der Waals surface area contributed by atoms with E-state index in [1.54, 1.807) is 19.1 Å². The molecule has 0 unspecified atom stereocenters. The van der Waals surface area contributed by atoms with Crippen molar-refractivity contribution in [3.63, 3.8) is 0 Å². The molecular weight excluding hydrogens is 416 g/mol. The molecule has 3 fully saturated rings. The Bertz CT molecular complexity index is 908. The normalized spacial score (nSPS) is 48.5. The van der Waals surface area contributed by atoms with Gasteiger partial charge >= 0.3 is 5.97 Å². The van der Waals surface area contributed by atoms with Gasteiger partial charge < -0.3 is 10.2 Å². The van der Waals surface area contributed by atoms with Crippen LogP contribution in [0.4, 0.5) is 0 Å². The zero-order chi connectivity index (χ0) is 23.0. The highest BCUT2D eigenvalue weighted by Crippen LogP contribution is 2.74. The maximum Gasteiger partial charge on any atom is 0.303 e. The topological polar surface area (TPSA) is 91.7 Å². The largest absolute Gasteiger partial charge is 0.481 e. The van der Waals surface area contributed by atoms with E-state index >= 15 is 0 Å². The Morgan fingerprint density at radius 3 is 2.55 bits per heavy atom. The number of hydrogen-bond acceptors (Lipinski definition) is 4. The van der Waals surface area contributed by atoms with Gasteiger partial charge in [0.25, 0.3) is 0 Å². The average Bonchev–Trinajstić information content (AvgIpc) is 2.89. The highest BCUT2D eigenvalue weighted by molar-refractivity contribution is 6.26. The van der Waals surface area contributed by atoms with Gasteiger partial charge in [-0.1, -0.05) is 32.4 Å². The molecule has 3 saturated carbocycles. The first kappa shape index (κ1) is 22.7. The molecule has 0 spiro atoms. The lowest BCUT2D eigenvalue weighted by Crippen LogP contribution is -2.67. The smallest absolute Gasteiger partial charge is 0.303 e. The lowest BCUT2D eigenvalue weighted by atomic mass is 9.43. The van der Waals surface area contributed by atoms with Crippen LogP contribution in [0.15, 0.2) is 23.8 Å². The van der Waals surface area contributed by atoms with Crippen molar-refractivity contribution in [2.45, 2.75) is 77.2 Å². The lowest BCUT2D eigenvalue weighted by molar-refractivity contribution is -0.156. The van der Waals surface area contributed by atoms with Crippen LogP contribution in [0.2, 0.25) is 0 Å². The Morgan fingerprint density at radius 2 is 1.94 bits per heavy atom. The summed E-state index contributed by atoms with van der Waals surface area (Å²) in [7, 11) is 0. The first-order valence-electron chi connectivity index (χ1n) is 11.4. The van der Waals surface area contributed by atoms with Crippen LogP contribution < -0.4 is 0 Å². The predicted molar refractivity (Wildman–Crippen MR) is 118 cm³/mol. The third-order valence-electron chi connectivity index (χ3n) is 9.86. The molecule has 4 rings (SSSR count). The van der Waals surface area contributed by atoms with Gasteiger partial charge in [-0.25, -0.2) is 0 Å². The van der Waals surface area contributed by atoms with E-state index in [9.17, 15) is 24.6 Å². The maximum atomic E-state index is 13.2. The highest BCUT2D eigenvalue weighted by atomic mass is 35.5. The van der Waals surface area contributed by atoms with Crippen molar-refractivity contribution in [1.82, 2.24) is 0 Å². The van der Waals surface area contributed by atoms with E-state index in [1.807, 2.05) is 13.0 Å². The van der Waals surface area contributed by atoms with Gasteiger partial charge in [0.15, 0.2) is 5.78 Å². The second-order valence-corrected chi connectivity index (χ2v) is 11.4. The number of rotatable bonds is 4. The van der Waals surface area contributed by atoms with E-state index in [0.29, 0.717) is 6.42 Å². The molecule has 170 valence electrons. The molecule has 4 aliphatic carbocycles. The van der Waals surface area contributed by atoms with Crippen molar-refractivity contribution >= 4 is 29.1 Å². The molecule has 6 heteroatoms. The van der Waals surface area contributed by atoms with Gasteiger partial charge in [-0.2, -0.15) is 0 Å². The van der Waals surface area contributed by atoms with Crippen molar-refractivity contribution in [3.05, 3.63) is 23.8 Å². The molecule has 0 aromatic heterocycles. The molecular formula is C25H33ClO5.